The summed E-state index contributed by atoms with van der Waals surface area (Å²) in [6.45, 7) is 7.69. The summed E-state index contributed by atoms with van der Waals surface area (Å²) in [7, 11) is 3.07. The molecular weight excluding hydrogens is 779 g/mol. The first-order chi connectivity index (χ1) is 19.1. The van der Waals surface area contributed by atoms with Gasteiger partial charge in [0.15, 0.2) is 16.3 Å². The average molecular weight is 804 g/mol. The van der Waals surface area contributed by atoms with Gasteiger partial charge in [0.1, 0.15) is 12.4 Å². The highest BCUT2D eigenvalue weighted by Gasteiger charge is 2.35. The third kappa shape index (κ3) is 5.95. The molecule has 2 aromatic carbocycles. The molecule has 1 aliphatic rings. The molecule has 1 atom stereocenters. The monoisotopic (exact) mass is 802 g/mol. The number of esters is 1. The van der Waals surface area contributed by atoms with Gasteiger partial charge in [0.2, 0.25) is 0 Å². The van der Waals surface area contributed by atoms with E-state index in [9.17, 15) is 9.59 Å². The largest absolute Gasteiger partial charge is 0.493 e. The van der Waals surface area contributed by atoms with E-state index in [0.717, 1.165) is 13.6 Å². The van der Waals surface area contributed by atoms with Gasteiger partial charge < -0.3 is 18.9 Å². The Labute approximate surface area is 265 Å². The Bertz CT molecular complexity index is 1710. The summed E-state index contributed by atoms with van der Waals surface area (Å²) >= 11 is 10.6. The number of ether oxygens (including phenoxy) is 4. The fourth-order valence-corrected chi connectivity index (χ4v) is 7.57. The van der Waals surface area contributed by atoms with E-state index in [1.165, 1.54) is 30.1 Å². The summed E-state index contributed by atoms with van der Waals surface area (Å²) in [5.41, 5.74) is 1.76. The first-order valence-corrected chi connectivity index (χ1v) is 15.5. The Kier molecular flexibility index (Phi) is 9.96. The van der Waals surface area contributed by atoms with E-state index in [1.807, 2.05) is 12.1 Å². The zero-order valence-electron chi connectivity index (χ0n) is 22.0. The Hall–Kier alpha value is -2.42. The van der Waals surface area contributed by atoms with Crippen molar-refractivity contribution in [2.45, 2.75) is 19.9 Å². The first-order valence-electron chi connectivity index (χ1n) is 12.0. The summed E-state index contributed by atoms with van der Waals surface area (Å²) in [4.78, 5) is 32.4. The molecule has 0 bridgehead atoms. The average Bonchev–Trinajstić information content (AvgIpc) is 3.21. The van der Waals surface area contributed by atoms with Gasteiger partial charge in [0.05, 0.1) is 46.2 Å². The van der Waals surface area contributed by atoms with Crippen LogP contribution < -0.4 is 29.1 Å². The molecule has 0 amide bonds. The van der Waals surface area contributed by atoms with Gasteiger partial charge in [-0.2, -0.15) is 0 Å². The van der Waals surface area contributed by atoms with E-state index in [-0.39, 0.29) is 17.7 Å². The fourth-order valence-electron chi connectivity index (χ4n) is 4.29. The third-order valence-corrected chi connectivity index (χ3v) is 8.91. The summed E-state index contributed by atoms with van der Waals surface area (Å²) in [6.07, 6.45) is 3.44. The lowest BCUT2D eigenvalue weighted by Gasteiger charge is -2.26. The molecule has 0 spiro atoms. The molecule has 0 radical (unpaired) electrons. The molecule has 0 N–H and O–H groups in total. The minimum atomic E-state index is -0.828. The lowest BCUT2D eigenvalue weighted by atomic mass is 9.95. The maximum atomic E-state index is 14.1. The summed E-state index contributed by atoms with van der Waals surface area (Å²) in [5, 5.41) is 0. The SMILES string of the molecule is C=CCOc1c(I)cc(Br)cc1/C=c1\sc2n(c1=O)[C@H](c1cc(OC)c(OC)cc1Br)C(C(=O)OCC)=C(C)N=2. The Balaban J connectivity index is 2.02. The zero-order valence-corrected chi connectivity index (χ0v) is 28.2. The lowest BCUT2D eigenvalue weighted by Crippen LogP contribution is -2.40. The smallest absolute Gasteiger partial charge is 0.338 e. The number of methoxy groups -OCH3 is 2. The molecular formula is C28H25Br2IN2O6S. The van der Waals surface area contributed by atoms with Gasteiger partial charge in [-0.25, -0.2) is 9.79 Å². The number of carbonyl (C=O) groups is 1. The number of allylic oxidation sites excluding steroid dienone is 1. The van der Waals surface area contributed by atoms with Gasteiger partial charge in [0, 0.05) is 14.5 Å². The second kappa shape index (κ2) is 13.0. The number of aromatic nitrogens is 1. The van der Waals surface area contributed by atoms with Crippen molar-refractivity contribution in [3.63, 3.8) is 0 Å². The highest BCUT2D eigenvalue weighted by atomic mass is 127. The molecule has 210 valence electrons. The number of benzene rings is 2. The van der Waals surface area contributed by atoms with Crippen LogP contribution in [0.1, 0.15) is 31.0 Å². The molecule has 0 saturated heterocycles. The Morgan fingerprint density at radius 2 is 1.90 bits per heavy atom. The van der Waals surface area contributed by atoms with Crippen LogP contribution in [0.25, 0.3) is 6.08 Å². The van der Waals surface area contributed by atoms with Crippen LogP contribution in [0.3, 0.4) is 0 Å². The minimum absolute atomic E-state index is 0.175. The molecule has 3 aromatic rings. The van der Waals surface area contributed by atoms with Crippen LogP contribution in [0, 0.1) is 3.57 Å². The Morgan fingerprint density at radius 1 is 1.20 bits per heavy atom. The maximum absolute atomic E-state index is 14.1. The van der Waals surface area contributed by atoms with Crippen molar-refractivity contribution >= 4 is 77.8 Å². The topological polar surface area (TPSA) is 88.3 Å². The van der Waals surface area contributed by atoms with Crippen molar-refractivity contribution in [3.05, 3.63) is 91.5 Å². The number of nitrogens with zero attached hydrogens (tertiary/aromatic N) is 2. The molecule has 1 aliphatic heterocycles. The van der Waals surface area contributed by atoms with Crippen LogP contribution in [-0.2, 0) is 9.53 Å². The molecule has 0 fully saturated rings. The molecule has 0 unspecified atom stereocenters. The molecule has 4 rings (SSSR count). The van der Waals surface area contributed by atoms with E-state index in [0.29, 0.717) is 48.9 Å². The number of rotatable bonds is 9. The molecule has 2 heterocycles. The first kappa shape index (κ1) is 30.5. The van der Waals surface area contributed by atoms with Crippen molar-refractivity contribution in [3.8, 4) is 17.2 Å². The van der Waals surface area contributed by atoms with Crippen LogP contribution in [0.2, 0.25) is 0 Å². The van der Waals surface area contributed by atoms with Crippen molar-refractivity contribution in [2.24, 2.45) is 4.99 Å². The van der Waals surface area contributed by atoms with Gasteiger partial charge in [-0.3, -0.25) is 9.36 Å². The van der Waals surface area contributed by atoms with Crippen LogP contribution in [0.5, 0.6) is 17.2 Å². The van der Waals surface area contributed by atoms with E-state index in [1.54, 1.807) is 38.1 Å². The highest BCUT2D eigenvalue weighted by molar-refractivity contribution is 14.1. The van der Waals surface area contributed by atoms with Gasteiger partial charge in [-0.15, -0.1) is 0 Å². The van der Waals surface area contributed by atoms with E-state index in [4.69, 9.17) is 18.9 Å². The maximum Gasteiger partial charge on any atom is 0.338 e. The normalized spacial score (nSPS) is 14.9. The molecule has 0 aliphatic carbocycles. The standard InChI is InChI=1S/C28H25Br2IN2O6S/c1-6-8-39-25-15(9-16(29)11-19(25)31)10-22-26(34)33-24(17-12-20(36-4)21(37-5)13-18(17)30)23(27(35)38-7-2)14(3)32-28(33)40-22/h6,9-13,24H,1,7-8H2,2-5H3/b22-10-/t24-/m1/s1. The highest BCUT2D eigenvalue weighted by Crippen LogP contribution is 2.41. The van der Waals surface area contributed by atoms with Crippen LogP contribution in [0.4, 0.5) is 0 Å². The number of hydrogen-bond acceptors (Lipinski definition) is 8. The van der Waals surface area contributed by atoms with Gasteiger partial charge in [-0.1, -0.05) is 55.9 Å². The minimum Gasteiger partial charge on any atom is -0.493 e. The summed E-state index contributed by atoms with van der Waals surface area (Å²) < 4.78 is 26.6. The summed E-state index contributed by atoms with van der Waals surface area (Å²) in [6, 6.07) is 6.48. The van der Waals surface area contributed by atoms with Crippen molar-refractivity contribution in [1.29, 1.82) is 0 Å². The summed E-state index contributed by atoms with van der Waals surface area (Å²) in [5.74, 6) is 1.04. The molecule has 8 nitrogen and oxygen atoms in total. The predicted octanol–water partition coefficient (Wildman–Crippen LogP) is 5.51. The Morgan fingerprint density at radius 3 is 2.55 bits per heavy atom. The van der Waals surface area contributed by atoms with E-state index in [2.05, 4.69) is 66.0 Å². The third-order valence-electron chi connectivity index (χ3n) is 5.98. The zero-order chi connectivity index (χ0) is 29.1. The van der Waals surface area contributed by atoms with Crippen molar-refractivity contribution in [2.75, 3.05) is 27.4 Å². The number of hydrogen-bond donors (Lipinski definition) is 0. The second-order valence-corrected chi connectivity index (χ2v) is 12.4. The van der Waals surface area contributed by atoms with Crippen molar-refractivity contribution < 1.29 is 23.7 Å². The number of thiazole rings is 1. The van der Waals surface area contributed by atoms with Crippen LogP contribution in [-0.4, -0.2) is 38.0 Å². The van der Waals surface area contributed by atoms with Crippen molar-refractivity contribution in [1.82, 2.24) is 4.57 Å². The van der Waals surface area contributed by atoms with E-state index < -0.39 is 12.0 Å². The number of carbonyl (C=O) groups excluding carboxylic acids is 1. The van der Waals surface area contributed by atoms with Crippen LogP contribution in [0.15, 0.2) is 66.9 Å². The number of halogens is 3. The molecule has 40 heavy (non-hydrogen) atoms. The molecule has 0 saturated carbocycles. The second-order valence-electron chi connectivity index (χ2n) is 8.44. The van der Waals surface area contributed by atoms with Gasteiger partial charge in [0.25, 0.3) is 5.56 Å². The fraction of sp³-hybridized carbons (Fsp3) is 0.250. The van der Waals surface area contributed by atoms with Gasteiger partial charge >= 0.3 is 5.97 Å². The van der Waals surface area contributed by atoms with Gasteiger partial charge in [-0.05, 0) is 72.3 Å². The predicted molar refractivity (Wildman–Crippen MR) is 170 cm³/mol. The number of fused-ring (bicyclic) bond motifs is 1. The van der Waals surface area contributed by atoms with E-state index >= 15 is 0 Å². The molecule has 12 heteroatoms. The lowest BCUT2D eigenvalue weighted by molar-refractivity contribution is -0.139. The molecule has 1 aromatic heterocycles. The quantitative estimate of drug-likeness (QED) is 0.161. The van der Waals surface area contributed by atoms with Crippen LogP contribution >= 0.6 is 65.8 Å².